The summed E-state index contributed by atoms with van der Waals surface area (Å²) < 4.78 is 7.74. The van der Waals surface area contributed by atoms with E-state index in [0.717, 1.165) is 22.6 Å². The Kier molecular flexibility index (Phi) is 7.31. The molecule has 1 radical (unpaired) electrons. The number of halogens is 1. The largest absolute Gasteiger partial charge is 0.494 e. The minimum absolute atomic E-state index is 0. The van der Waals surface area contributed by atoms with Gasteiger partial charge in [-0.15, -0.1) is 22.0 Å². The number of ether oxygens (including phenoxy) is 1. The Morgan fingerprint density at radius 3 is 2.62 bits per heavy atom. The molecule has 1 aromatic heterocycles. The first kappa shape index (κ1) is 18.6. The number of hydrogen-bond donors (Lipinski definition) is 0. The van der Waals surface area contributed by atoms with Crippen LogP contribution >= 0.6 is 15.9 Å². The molecule has 0 aliphatic carbocycles. The van der Waals surface area contributed by atoms with Crippen LogP contribution in [0.1, 0.15) is 19.4 Å². The molecule has 0 aliphatic heterocycles. The number of rotatable bonds is 4. The van der Waals surface area contributed by atoms with Crippen molar-refractivity contribution < 1.29 is 37.4 Å². The topological polar surface area (TPSA) is 31.2 Å². The fourth-order valence-corrected chi connectivity index (χ4v) is 2.51. The van der Waals surface area contributed by atoms with E-state index in [4.69, 9.17) is 4.74 Å². The van der Waals surface area contributed by atoms with Gasteiger partial charge in [0, 0.05) is 39.3 Å². The molecule has 0 atom stereocenters. The summed E-state index contributed by atoms with van der Waals surface area (Å²) in [5, 5.41) is 0. The summed E-state index contributed by atoms with van der Waals surface area (Å²) in [6.45, 7) is 7.17. The summed E-state index contributed by atoms with van der Waals surface area (Å²) in [5.74, 6) is 0.844. The van der Waals surface area contributed by atoms with E-state index < -0.39 is 0 Å². The van der Waals surface area contributed by atoms with E-state index in [9.17, 15) is 4.79 Å². The van der Waals surface area contributed by atoms with E-state index >= 15 is 0 Å². The molecule has 1 heterocycles. The van der Waals surface area contributed by atoms with Gasteiger partial charge in [-0.2, -0.15) is 12.1 Å². The maximum Gasteiger partial charge on any atom is 0.208 e. The Hall–Kier alpha value is -0.446. The Labute approximate surface area is 158 Å². The molecule has 109 valence electrons. The van der Waals surface area contributed by atoms with Crippen molar-refractivity contribution >= 4 is 15.9 Å². The van der Waals surface area contributed by atoms with Crippen LogP contribution in [0, 0.1) is 13.0 Å². The first-order valence-corrected chi connectivity index (χ1v) is 7.42. The van der Waals surface area contributed by atoms with Crippen LogP contribution in [0.15, 0.2) is 33.5 Å². The molecule has 2 aromatic rings. The van der Waals surface area contributed by atoms with Gasteiger partial charge in [-0.25, -0.2) is 0 Å². The fraction of sp³-hybridized carbons (Fsp3) is 0.312. The van der Waals surface area contributed by atoms with Gasteiger partial charge in [0.15, 0.2) is 0 Å². The Morgan fingerprint density at radius 2 is 2.05 bits per heavy atom. The van der Waals surface area contributed by atoms with E-state index in [1.165, 1.54) is 0 Å². The van der Waals surface area contributed by atoms with Crippen LogP contribution in [-0.2, 0) is 39.3 Å². The Bertz CT molecular complexity index is 682. The summed E-state index contributed by atoms with van der Waals surface area (Å²) >= 11 is 3.26. The van der Waals surface area contributed by atoms with Gasteiger partial charge >= 0.3 is 0 Å². The van der Waals surface area contributed by atoms with E-state index in [1.54, 1.807) is 10.6 Å². The summed E-state index contributed by atoms with van der Waals surface area (Å²) in [5.41, 5.74) is 2.84. The number of benzene rings is 1. The first-order chi connectivity index (χ1) is 9.58. The quantitative estimate of drug-likeness (QED) is 0.700. The zero-order valence-electron chi connectivity index (χ0n) is 12.4. The van der Waals surface area contributed by atoms with Crippen molar-refractivity contribution in [3.05, 3.63) is 50.7 Å². The van der Waals surface area contributed by atoms with Crippen LogP contribution in [0.5, 0.6) is 5.75 Å². The van der Waals surface area contributed by atoms with E-state index in [-0.39, 0.29) is 38.3 Å². The van der Waals surface area contributed by atoms with Gasteiger partial charge in [-0.1, -0.05) is 23.7 Å². The number of hydrogen-bond acceptors (Lipinski definition) is 2. The van der Waals surface area contributed by atoms with Crippen molar-refractivity contribution in [3.8, 4) is 17.0 Å². The van der Waals surface area contributed by atoms with Crippen molar-refractivity contribution in [2.24, 2.45) is 0 Å². The molecule has 0 N–H and O–H groups in total. The predicted octanol–water partition coefficient (Wildman–Crippen LogP) is 3.80. The standard InChI is InChI=1S/C16H17BrNO2.Y/c1-4-18-15(9-8-14(17)16(18)19)13-7-6-12(20-5-2)10-11(13)3;/h6-8,10H,4-5H2,1-3H3;/q-1;. The normalized spacial score (nSPS) is 10.1. The summed E-state index contributed by atoms with van der Waals surface area (Å²) in [6, 6.07) is 10.7. The monoisotopic (exact) mass is 423 g/mol. The molecule has 0 aliphatic rings. The molecular formula is C16H17BrNO2Y-. The third-order valence-corrected chi connectivity index (χ3v) is 3.70. The van der Waals surface area contributed by atoms with Crippen LogP contribution in [-0.4, -0.2) is 11.2 Å². The summed E-state index contributed by atoms with van der Waals surface area (Å²) in [4.78, 5) is 12.1. The number of aromatic nitrogens is 1. The zero-order valence-corrected chi connectivity index (χ0v) is 16.9. The average molecular weight is 424 g/mol. The molecule has 21 heavy (non-hydrogen) atoms. The predicted molar refractivity (Wildman–Crippen MR) is 84.3 cm³/mol. The van der Waals surface area contributed by atoms with Crippen molar-refractivity contribution in [3.63, 3.8) is 0 Å². The molecular weight excluding hydrogens is 407 g/mol. The van der Waals surface area contributed by atoms with Crippen molar-refractivity contribution in [2.45, 2.75) is 27.3 Å². The van der Waals surface area contributed by atoms with Gasteiger partial charge < -0.3 is 9.30 Å². The molecule has 0 bridgehead atoms. The Balaban J connectivity index is 0.00000220. The summed E-state index contributed by atoms with van der Waals surface area (Å²) in [7, 11) is 0. The second kappa shape index (κ2) is 8.26. The molecule has 0 fully saturated rings. The minimum Gasteiger partial charge on any atom is -0.494 e. The number of nitrogens with zero attached hydrogens (tertiary/aromatic N) is 1. The van der Waals surface area contributed by atoms with E-state index in [0.29, 0.717) is 17.6 Å². The minimum atomic E-state index is -0.0328. The number of aryl methyl sites for hydroxylation is 1. The third kappa shape index (κ3) is 4.05. The van der Waals surface area contributed by atoms with E-state index in [1.807, 2.05) is 39.0 Å². The zero-order chi connectivity index (χ0) is 14.7. The van der Waals surface area contributed by atoms with Gasteiger partial charge in [0.2, 0.25) is 5.56 Å². The van der Waals surface area contributed by atoms with Crippen LogP contribution < -0.4 is 10.3 Å². The number of pyridine rings is 1. The molecule has 0 saturated carbocycles. The maximum absolute atomic E-state index is 12.1. The van der Waals surface area contributed by atoms with Gasteiger partial charge in [0.05, 0.1) is 6.61 Å². The molecule has 0 saturated heterocycles. The van der Waals surface area contributed by atoms with Gasteiger partial charge in [0.1, 0.15) is 5.75 Å². The molecule has 0 amide bonds. The van der Waals surface area contributed by atoms with Gasteiger partial charge in [-0.05, 0) is 30.5 Å². The molecule has 0 unspecified atom stereocenters. The van der Waals surface area contributed by atoms with Crippen molar-refractivity contribution in [2.75, 3.05) is 6.61 Å². The molecule has 0 spiro atoms. The first-order valence-electron chi connectivity index (χ1n) is 6.63. The van der Waals surface area contributed by atoms with Crippen LogP contribution in [0.3, 0.4) is 0 Å². The average Bonchev–Trinajstić information content (AvgIpc) is 2.43. The van der Waals surface area contributed by atoms with Crippen molar-refractivity contribution in [1.82, 2.24) is 4.57 Å². The smallest absolute Gasteiger partial charge is 0.208 e. The Morgan fingerprint density at radius 1 is 1.33 bits per heavy atom. The SMILES string of the molecule is CCOc1ccc(-c2[c-]cc(Br)c(=O)n2CC)c(C)c1.[Y]. The van der Waals surface area contributed by atoms with Crippen LogP contribution in [0.2, 0.25) is 0 Å². The maximum atomic E-state index is 12.1. The molecule has 2 rings (SSSR count). The summed E-state index contributed by atoms with van der Waals surface area (Å²) in [6.07, 6.45) is 0. The molecule has 5 heteroatoms. The third-order valence-electron chi connectivity index (χ3n) is 3.14. The van der Waals surface area contributed by atoms with Crippen molar-refractivity contribution in [1.29, 1.82) is 0 Å². The van der Waals surface area contributed by atoms with Crippen LogP contribution in [0.4, 0.5) is 0 Å². The second-order valence-corrected chi connectivity index (χ2v) is 5.30. The van der Waals surface area contributed by atoms with Gasteiger partial charge in [0.25, 0.3) is 0 Å². The van der Waals surface area contributed by atoms with E-state index in [2.05, 4.69) is 22.0 Å². The molecule has 3 nitrogen and oxygen atoms in total. The second-order valence-electron chi connectivity index (χ2n) is 4.44. The fourth-order valence-electron chi connectivity index (χ4n) is 2.19. The van der Waals surface area contributed by atoms with Gasteiger partial charge in [-0.3, -0.25) is 4.79 Å². The van der Waals surface area contributed by atoms with Crippen LogP contribution in [0.25, 0.3) is 11.3 Å². The molecule has 1 aromatic carbocycles.